The smallest absolute Gasteiger partial charge is 0.152 e. The van der Waals surface area contributed by atoms with E-state index in [4.69, 9.17) is 11.6 Å². The molecular formula is C12H7ClFNO. The molecule has 1 aromatic heterocycles. The van der Waals surface area contributed by atoms with E-state index in [1.54, 1.807) is 12.1 Å². The summed E-state index contributed by atoms with van der Waals surface area (Å²) in [6.45, 7) is 0. The van der Waals surface area contributed by atoms with E-state index in [-0.39, 0.29) is 0 Å². The molecule has 0 aliphatic rings. The standard InChI is InChI=1S/C12H7ClFNO/c13-11-4-3-9(14)6-10(11)12-8(7-16)2-1-5-15-12/h1-7H. The molecule has 0 amide bonds. The zero-order valence-electron chi connectivity index (χ0n) is 8.15. The Bertz CT molecular complexity index is 542. The first-order chi connectivity index (χ1) is 7.72. The zero-order chi connectivity index (χ0) is 11.5. The SMILES string of the molecule is O=Cc1cccnc1-c1cc(F)ccc1Cl. The van der Waals surface area contributed by atoms with E-state index in [1.165, 1.54) is 24.4 Å². The third-order valence-electron chi connectivity index (χ3n) is 2.15. The van der Waals surface area contributed by atoms with Crippen molar-refractivity contribution in [1.29, 1.82) is 0 Å². The molecule has 0 spiro atoms. The first-order valence-corrected chi connectivity index (χ1v) is 4.96. The monoisotopic (exact) mass is 235 g/mol. The van der Waals surface area contributed by atoms with Crippen LogP contribution in [0.4, 0.5) is 4.39 Å². The molecule has 0 N–H and O–H groups in total. The van der Waals surface area contributed by atoms with Crippen LogP contribution < -0.4 is 0 Å². The minimum absolute atomic E-state index is 0.364. The average molecular weight is 236 g/mol. The van der Waals surface area contributed by atoms with Crippen LogP contribution in [0.2, 0.25) is 5.02 Å². The fourth-order valence-corrected chi connectivity index (χ4v) is 1.62. The van der Waals surface area contributed by atoms with Gasteiger partial charge in [0, 0.05) is 17.3 Å². The summed E-state index contributed by atoms with van der Waals surface area (Å²) in [5.41, 5.74) is 1.20. The van der Waals surface area contributed by atoms with Crippen LogP contribution in [0.1, 0.15) is 10.4 Å². The Kier molecular flexibility index (Phi) is 2.97. The lowest BCUT2D eigenvalue weighted by Gasteiger charge is -2.05. The fraction of sp³-hybridized carbons (Fsp3) is 0. The van der Waals surface area contributed by atoms with Crippen molar-refractivity contribution in [1.82, 2.24) is 4.98 Å². The van der Waals surface area contributed by atoms with Crippen LogP contribution in [0.15, 0.2) is 36.5 Å². The van der Waals surface area contributed by atoms with Gasteiger partial charge in [-0.05, 0) is 30.3 Å². The lowest BCUT2D eigenvalue weighted by atomic mass is 10.1. The Morgan fingerprint density at radius 1 is 1.31 bits per heavy atom. The Labute approximate surface area is 96.7 Å². The Hall–Kier alpha value is -1.74. The van der Waals surface area contributed by atoms with E-state index in [0.717, 1.165) is 0 Å². The van der Waals surface area contributed by atoms with E-state index in [9.17, 15) is 9.18 Å². The van der Waals surface area contributed by atoms with Gasteiger partial charge in [-0.25, -0.2) is 4.39 Å². The molecule has 0 bridgehead atoms. The van der Waals surface area contributed by atoms with Crippen LogP contribution in [-0.2, 0) is 0 Å². The zero-order valence-corrected chi connectivity index (χ0v) is 8.91. The highest BCUT2D eigenvalue weighted by atomic mass is 35.5. The summed E-state index contributed by atoms with van der Waals surface area (Å²) in [7, 11) is 0. The number of halogens is 2. The Morgan fingerprint density at radius 2 is 2.12 bits per heavy atom. The van der Waals surface area contributed by atoms with Gasteiger partial charge < -0.3 is 0 Å². The molecule has 0 aliphatic carbocycles. The number of hydrogen-bond acceptors (Lipinski definition) is 2. The summed E-state index contributed by atoms with van der Waals surface area (Å²) >= 11 is 5.94. The molecule has 0 unspecified atom stereocenters. The van der Waals surface area contributed by atoms with Gasteiger partial charge in [-0.15, -0.1) is 0 Å². The van der Waals surface area contributed by atoms with Gasteiger partial charge in [-0.3, -0.25) is 9.78 Å². The Balaban J connectivity index is 2.66. The highest BCUT2D eigenvalue weighted by Gasteiger charge is 2.10. The van der Waals surface area contributed by atoms with Gasteiger partial charge in [-0.2, -0.15) is 0 Å². The van der Waals surface area contributed by atoms with E-state index in [1.807, 2.05) is 0 Å². The molecule has 16 heavy (non-hydrogen) atoms. The van der Waals surface area contributed by atoms with Crippen molar-refractivity contribution in [2.24, 2.45) is 0 Å². The molecule has 1 heterocycles. The van der Waals surface area contributed by atoms with Crippen molar-refractivity contribution in [2.45, 2.75) is 0 Å². The molecule has 0 radical (unpaired) electrons. The number of carbonyl (C=O) groups is 1. The summed E-state index contributed by atoms with van der Waals surface area (Å²) in [6, 6.07) is 7.21. The highest BCUT2D eigenvalue weighted by molar-refractivity contribution is 6.33. The van der Waals surface area contributed by atoms with Gasteiger partial charge in [0.25, 0.3) is 0 Å². The summed E-state index contributed by atoms with van der Waals surface area (Å²) in [5.74, 6) is -0.415. The molecule has 0 saturated heterocycles. The first kappa shape index (κ1) is 10.8. The molecule has 80 valence electrons. The lowest BCUT2D eigenvalue weighted by Crippen LogP contribution is -1.92. The van der Waals surface area contributed by atoms with Crippen LogP contribution in [0.25, 0.3) is 11.3 Å². The number of nitrogens with zero attached hydrogens (tertiary/aromatic N) is 1. The van der Waals surface area contributed by atoms with Crippen LogP contribution >= 0.6 is 11.6 Å². The minimum atomic E-state index is -0.415. The predicted molar refractivity (Wildman–Crippen MR) is 60.0 cm³/mol. The van der Waals surface area contributed by atoms with Crippen LogP contribution in [0.3, 0.4) is 0 Å². The maximum Gasteiger partial charge on any atom is 0.152 e. The third kappa shape index (κ3) is 1.95. The maximum atomic E-state index is 13.1. The molecular weight excluding hydrogens is 229 g/mol. The number of carbonyl (C=O) groups excluding carboxylic acids is 1. The van der Waals surface area contributed by atoms with Crippen molar-refractivity contribution in [3.8, 4) is 11.3 Å². The fourth-order valence-electron chi connectivity index (χ4n) is 1.42. The molecule has 2 aromatic rings. The molecule has 2 nitrogen and oxygen atoms in total. The summed E-state index contributed by atoms with van der Waals surface area (Å²) in [4.78, 5) is 14.9. The molecule has 0 aliphatic heterocycles. The van der Waals surface area contributed by atoms with Gasteiger partial charge in [0.1, 0.15) is 5.82 Å². The number of aromatic nitrogens is 1. The molecule has 4 heteroatoms. The number of aldehydes is 1. The van der Waals surface area contributed by atoms with Crippen LogP contribution in [0.5, 0.6) is 0 Å². The van der Waals surface area contributed by atoms with E-state index >= 15 is 0 Å². The van der Waals surface area contributed by atoms with Crippen molar-refractivity contribution in [3.05, 3.63) is 52.9 Å². The van der Waals surface area contributed by atoms with Crippen LogP contribution in [-0.4, -0.2) is 11.3 Å². The predicted octanol–water partition coefficient (Wildman–Crippen LogP) is 3.35. The normalized spacial score (nSPS) is 10.1. The lowest BCUT2D eigenvalue weighted by molar-refractivity contribution is 0.112. The molecule has 0 atom stereocenters. The second kappa shape index (κ2) is 4.41. The third-order valence-corrected chi connectivity index (χ3v) is 2.48. The van der Waals surface area contributed by atoms with E-state index in [2.05, 4.69) is 4.98 Å². The molecule has 0 saturated carbocycles. The molecule has 1 aromatic carbocycles. The summed E-state index contributed by atoms with van der Waals surface area (Å²) in [5, 5.41) is 0.364. The molecule has 2 rings (SSSR count). The van der Waals surface area contributed by atoms with Crippen LogP contribution in [0, 0.1) is 5.82 Å². The minimum Gasteiger partial charge on any atom is -0.298 e. The topological polar surface area (TPSA) is 30.0 Å². The Morgan fingerprint density at radius 3 is 2.88 bits per heavy atom. The van der Waals surface area contributed by atoms with E-state index in [0.29, 0.717) is 28.1 Å². The van der Waals surface area contributed by atoms with Crippen molar-refractivity contribution >= 4 is 17.9 Å². The summed E-state index contributed by atoms with van der Waals surface area (Å²) in [6.07, 6.45) is 2.20. The second-order valence-corrected chi connectivity index (χ2v) is 3.59. The van der Waals surface area contributed by atoms with Crippen molar-refractivity contribution in [2.75, 3.05) is 0 Å². The van der Waals surface area contributed by atoms with Crippen molar-refractivity contribution < 1.29 is 9.18 Å². The number of benzene rings is 1. The van der Waals surface area contributed by atoms with Gasteiger partial charge in [0.15, 0.2) is 6.29 Å². The summed E-state index contributed by atoms with van der Waals surface area (Å²) < 4.78 is 13.1. The number of pyridine rings is 1. The number of hydrogen-bond donors (Lipinski definition) is 0. The second-order valence-electron chi connectivity index (χ2n) is 3.18. The largest absolute Gasteiger partial charge is 0.298 e. The van der Waals surface area contributed by atoms with Gasteiger partial charge in [-0.1, -0.05) is 11.6 Å². The van der Waals surface area contributed by atoms with Gasteiger partial charge in [0.2, 0.25) is 0 Å². The maximum absolute atomic E-state index is 13.1. The average Bonchev–Trinajstić information content (AvgIpc) is 2.32. The number of rotatable bonds is 2. The van der Waals surface area contributed by atoms with E-state index < -0.39 is 5.82 Å². The quantitative estimate of drug-likeness (QED) is 0.747. The first-order valence-electron chi connectivity index (χ1n) is 4.58. The molecule has 0 fully saturated rings. The van der Waals surface area contributed by atoms with Gasteiger partial charge in [0.05, 0.1) is 10.7 Å². The van der Waals surface area contributed by atoms with Crippen molar-refractivity contribution in [3.63, 3.8) is 0 Å². The van der Waals surface area contributed by atoms with Gasteiger partial charge >= 0.3 is 0 Å². The highest BCUT2D eigenvalue weighted by Crippen LogP contribution is 2.28.